The van der Waals surface area contributed by atoms with Gasteiger partial charge in [0.15, 0.2) is 0 Å². The first-order chi connectivity index (χ1) is 9.34. The van der Waals surface area contributed by atoms with Crippen LogP contribution in [0.5, 0.6) is 0 Å². The van der Waals surface area contributed by atoms with E-state index in [1.54, 1.807) is 0 Å². The molecular weight excluding hydrogens is 234 g/mol. The lowest BCUT2D eigenvalue weighted by atomic mass is 10.00. The van der Waals surface area contributed by atoms with E-state index in [1.807, 2.05) is 19.9 Å². The van der Waals surface area contributed by atoms with Gasteiger partial charge in [-0.3, -0.25) is 0 Å². The molecule has 0 aromatic carbocycles. The van der Waals surface area contributed by atoms with Crippen LogP contribution in [0.1, 0.15) is 44.5 Å². The first-order valence-electron chi connectivity index (χ1n) is 7.50. The van der Waals surface area contributed by atoms with E-state index >= 15 is 0 Å². The van der Waals surface area contributed by atoms with Gasteiger partial charge in [-0.2, -0.15) is 0 Å². The van der Waals surface area contributed by atoms with Crippen LogP contribution in [0.3, 0.4) is 0 Å². The third kappa shape index (κ3) is 3.16. The van der Waals surface area contributed by atoms with Crippen LogP contribution in [-0.4, -0.2) is 22.0 Å². The number of nitrogens with one attached hydrogen (secondary N) is 1. The average Bonchev–Trinajstić information content (AvgIpc) is 2.79. The summed E-state index contributed by atoms with van der Waals surface area (Å²) in [6.07, 6.45) is 7.11. The fourth-order valence-electron chi connectivity index (χ4n) is 2.69. The Morgan fingerprint density at radius 3 is 2.84 bits per heavy atom. The monoisotopic (exact) mass is 259 g/mol. The Bertz CT molecular complexity index is 510. The zero-order valence-electron chi connectivity index (χ0n) is 12.3. The van der Waals surface area contributed by atoms with Gasteiger partial charge in [-0.05, 0) is 38.4 Å². The van der Waals surface area contributed by atoms with Gasteiger partial charge in [-0.15, -0.1) is 0 Å². The van der Waals surface area contributed by atoms with Crippen molar-refractivity contribution < 1.29 is 0 Å². The highest BCUT2D eigenvalue weighted by Gasteiger charge is 2.16. The third-order valence-electron chi connectivity index (χ3n) is 3.72. The molecule has 0 radical (unpaired) electrons. The van der Waals surface area contributed by atoms with Crippen molar-refractivity contribution in [1.82, 2.24) is 14.7 Å². The molecule has 1 saturated heterocycles. The van der Waals surface area contributed by atoms with Crippen molar-refractivity contribution in [2.45, 2.75) is 52.5 Å². The highest BCUT2D eigenvalue weighted by molar-refractivity contribution is 5.42. The minimum Gasteiger partial charge on any atom is -0.314 e. The van der Waals surface area contributed by atoms with Crippen molar-refractivity contribution in [2.75, 3.05) is 6.54 Å². The molecule has 0 aliphatic carbocycles. The van der Waals surface area contributed by atoms with Gasteiger partial charge in [0.05, 0.1) is 5.69 Å². The molecule has 1 aliphatic heterocycles. The first kappa shape index (κ1) is 14.1. The summed E-state index contributed by atoms with van der Waals surface area (Å²) in [7, 11) is 0. The maximum Gasteiger partial charge on any atom is 0.137 e. The second-order valence-electron chi connectivity index (χ2n) is 4.92. The van der Waals surface area contributed by atoms with E-state index in [1.165, 1.54) is 30.7 Å². The van der Waals surface area contributed by atoms with Crippen LogP contribution in [0.15, 0.2) is 24.4 Å². The van der Waals surface area contributed by atoms with E-state index in [2.05, 4.69) is 35.0 Å². The van der Waals surface area contributed by atoms with Crippen LogP contribution in [-0.2, 0) is 6.42 Å². The van der Waals surface area contributed by atoms with E-state index in [-0.39, 0.29) is 0 Å². The fraction of sp³-hybridized carbons (Fsp3) is 0.562. The van der Waals surface area contributed by atoms with Crippen molar-refractivity contribution in [3.8, 4) is 0 Å². The van der Waals surface area contributed by atoms with Crippen LogP contribution < -0.4 is 5.32 Å². The minimum absolute atomic E-state index is 0.618. The molecule has 104 valence electrons. The van der Waals surface area contributed by atoms with Gasteiger partial charge >= 0.3 is 0 Å². The number of hydrogen-bond acceptors (Lipinski definition) is 2. The second-order valence-corrected chi connectivity index (χ2v) is 4.92. The van der Waals surface area contributed by atoms with Gasteiger partial charge in [-0.1, -0.05) is 26.3 Å². The van der Waals surface area contributed by atoms with Gasteiger partial charge in [0.1, 0.15) is 5.65 Å². The van der Waals surface area contributed by atoms with Gasteiger partial charge in [0, 0.05) is 24.4 Å². The molecule has 0 spiro atoms. The number of imidazole rings is 1. The predicted molar refractivity (Wildman–Crippen MR) is 80.6 cm³/mol. The molecule has 0 saturated carbocycles. The van der Waals surface area contributed by atoms with Crippen LogP contribution in [0.2, 0.25) is 0 Å². The standard InChI is InChI=1S/C14H19N3.C2H6/c1-11-13(10-12-6-2-4-8-15-12)16-14-7-3-5-9-17(11)14;1-2/h3,5,7,9,12,15H,2,4,6,8,10H2,1H3;1-2H3. The molecule has 0 bridgehead atoms. The van der Waals surface area contributed by atoms with Crippen molar-refractivity contribution >= 4 is 5.65 Å². The summed E-state index contributed by atoms with van der Waals surface area (Å²) >= 11 is 0. The van der Waals surface area contributed by atoms with E-state index in [4.69, 9.17) is 4.98 Å². The molecule has 3 heteroatoms. The van der Waals surface area contributed by atoms with Crippen LogP contribution in [0.4, 0.5) is 0 Å². The number of hydrogen-bond donors (Lipinski definition) is 1. The van der Waals surface area contributed by atoms with Crippen molar-refractivity contribution in [1.29, 1.82) is 0 Å². The van der Waals surface area contributed by atoms with Crippen LogP contribution >= 0.6 is 0 Å². The van der Waals surface area contributed by atoms with Gasteiger partial charge in [-0.25, -0.2) is 4.98 Å². The first-order valence-corrected chi connectivity index (χ1v) is 7.50. The van der Waals surface area contributed by atoms with Gasteiger partial charge < -0.3 is 9.72 Å². The molecule has 3 rings (SSSR count). The zero-order chi connectivity index (χ0) is 13.7. The molecule has 1 unspecified atom stereocenters. The number of pyridine rings is 1. The molecule has 2 aromatic heterocycles. The highest BCUT2D eigenvalue weighted by atomic mass is 15.0. The summed E-state index contributed by atoms with van der Waals surface area (Å²) in [5.41, 5.74) is 3.60. The number of rotatable bonds is 2. The molecule has 2 aromatic rings. The maximum atomic E-state index is 4.73. The van der Waals surface area contributed by atoms with Crippen molar-refractivity contribution in [3.63, 3.8) is 0 Å². The van der Waals surface area contributed by atoms with E-state index in [0.29, 0.717) is 6.04 Å². The molecular formula is C16H25N3. The summed E-state index contributed by atoms with van der Waals surface area (Å²) < 4.78 is 2.18. The highest BCUT2D eigenvalue weighted by Crippen LogP contribution is 2.16. The van der Waals surface area contributed by atoms with E-state index < -0.39 is 0 Å². The Hall–Kier alpha value is -1.35. The molecule has 3 nitrogen and oxygen atoms in total. The van der Waals surface area contributed by atoms with E-state index in [0.717, 1.165) is 18.6 Å². The Kier molecular flexibility index (Phi) is 4.97. The molecule has 1 fully saturated rings. The number of piperidine rings is 1. The summed E-state index contributed by atoms with van der Waals surface area (Å²) in [4.78, 5) is 4.73. The minimum atomic E-state index is 0.618. The van der Waals surface area contributed by atoms with E-state index in [9.17, 15) is 0 Å². The van der Waals surface area contributed by atoms with Gasteiger partial charge in [0.25, 0.3) is 0 Å². The third-order valence-corrected chi connectivity index (χ3v) is 3.72. The lowest BCUT2D eigenvalue weighted by Crippen LogP contribution is -2.35. The molecule has 1 aliphatic rings. The summed E-state index contributed by atoms with van der Waals surface area (Å²) in [6, 6.07) is 6.80. The molecule has 1 N–H and O–H groups in total. The van der Waals surface area contributed by atoms with Crippen LogP contribution in [0.25, 0.3) is 5.65 Å². The Balaban J connectivity index is 0.000000637. The fourth-order valence-corrected chi connectivity index (χ4v) is 2.69. The lowest BCUT2D eigenvalue weighted by molar-refractivity contribution is 0.397. The molecule has 3 heterocycles. The smallest absolute Gasteiger partial charge is 0.137 e. The van der Waals surface area contributed by atoms with Gasteiger partial charge in [0.2, 0.25) is 0 Å². The summed E-state index contributed by atoms with van der Waals surface area (Å²) in [6.45, 7) is 7.33. The van der Waals surface area contributed by atoms with Crippen LogP contribution in [0, 0.1) is 6.92 Å². The Morgan fingerprint density at radius 2 is 2.16 bits per heavy atom. The maximum absolute atomic E-state index is 4.73. The number of fused-ring (bicyclic) bond motifs is 1. The largest absolute Gasteiger partial charge is 0.314 e. The number of nitrogens with zero attached hydrogens (tertiary/aromatic N) is 2. The summed E-state index contributed by atoms with van der Waals surface area (Å²) in [5.74, 6) is 0. The quantitative estimate of drug-likeness (QED) is 0.896. The molecule has 19 heavy (non-hydrogen) atoms. The number of aromatic nitrogens is 2. The zero-order valence-corrected chi connectivity index (χ0v) is 12.3. The topological polar surface area (TPSA) is 29.3 Å². The normalized spacial score (nSPS) is 19.0. The Morgan fingerprint density at radius 1 is 1.32 bits per heavy atom. The lowest BCUT2D eigenvalue weighted by Gasteiger charge is -2.22. The second kappa shape index (κ2) is 6.71. The molecule has 0 amide bonds. The SMILES string of the molecule is CC.Cc1c(CC2CCCCN2)nc2ccccn12. The predicted octanol–water partition coefficient (Wildman–Crippen LogP) is 3.35. The number of aryl methyl sites for hydroxylation is 1. The van der Waals surface area contributed by atoms with Crippen molar-refractivity contribution in [3.05, 3.63) is 35.8 Å². The Labute approximate surface area is 116 Å². The average molecular weight is 259 g/mol. The molecule has 1 atom stereocenters. The summed E-state index contributed by atoms with van der Waals surface area (Å²) in [5, 5.41) is 3.59. The van der Waals surface area contributed by atoms with Crippen molar-refractivity contribution in [2.24, 2.45) is 0 Å².